The Morgan fingerprint density at radius 3 is 2.83 bits per heavy atom. The average Bonchev–Trinajstić information content (AvgIpc) is 2.81. The summed E-state index contributed by atoms with van der Waals surface area (Å²) in [7, 11) is 0. The van der Waals surface area contributed by atoms with Crippen molar-refractivity contribution in [2.45, 2.75) is 34.2 Å². The largest absolute Gasteiger partial charge is 0.350 e. The predicted octanol–water partition coefficient (Wildman–Crippen LogP) is 3.84. The molecule has 0 spiro atoms. The summed E-state index contributed by atoms with van der Waals surface area (Å²) in [5.74, 6) is 0.476. The van der Waals surface area contributed by atoms with Crippen LogP contribution < -0.4 is 5.32 Å². The maximum Gasteiger partial charge on any atom is 0.224 e. The van der Waals surface area contributed by atoms with Crippen LogP contribution in [0.4, 0.5) is 0 Å². The van der Waals surface area contributed by atoms with Crippen molar-refractivity contribution >= 4 is 23.2 Å². The number of pyridine rings is 1. The van der Waals surface area contributed by atoms with Crippen molar-refractivity contribution < 1.29 is 4.79 Å². The highest BCUT2D eigenvalue weighted by Crippen LogP contribution is 2.59. The van der Waals surface area contributed by atoms with Crippen molar-refractivity contribution in [1.29, 1.82) is 0 Å². The maximum atomic E-state index is 12.5. The first-order valence-corrected chi connectivity index (χ1v) is 8.22. The van der Waals surface area contributed by atoms with Gasteiger partial charge in [-0.2, -0.15) is 0 Å². The van der Waals surface area contributed by atoms with Gasteiger partial charge in [-0.05, 0) is 37.3 Å². The van der Waals surface area contributed by atoms with Crippen molar-refractivity contribution in [3.8, 4) is 0 Å². The summed E-state index contributed by atoms with van der Waals surface area (Å²) in [6.45, 7) is 8.88. The van der Waals surface area contributed by atoms with Gasteiger partial charge in [-0.15, -0.1) is 0 Å². The van der Waals surface area contributed by atoms with Gasteiger partial charge in [-0.3, -0.25) is 4.79 Å². The summed E-state index contributed by atoms with van der Waals surface area (Å²) < 4.78 is 1.87. The van der Waals surface area contributed by atoms with Crippen LogP contribution in [0.1, 0.15) is 33.4 Å². The second-order valence-corrected chi connectivity index (χ2v) is 7.57. The maximum absolute atomic E-state index is 12.5. The van der Waals surface area contributed by atoms with E-state index in [2.05, 4.69) is 44.1 Å². The molecule has 1 amide bonds. The summed E-state index contributed by atoms with van der Waals surface area (Å²) in [6, 6.07) is 3.67. The molecule has 0 radical (unpaired) electrons. The molecule has 2 aromatic rings. The van der Waals surface area contributed by atoms with Crippen molar-refractivity contribution in [3.05, 3.63) is 46.9 Å². The van der Waals surface area contributed by atoms with Gasteiger partial charge in [0.15, 0.2) is 0 Å². The molecule has 1 saturated carbocycles. The fourth-order valence-electron chi connectivity index (χ4n) is 3.24. The van der Waals surface area contributed by atoms with Gasteiger partial charge in [0.2, 0.25) is 5.91 Å². The van der Waals surface area contributed by atoms with Crippen LogP contribution in [-0.4, -0.2) is 15.3 Å². The third-order valence-corrected chi connectivity index (χ3v) is 4.84. The number of nitrogens with one attached hydrogen (secondary N) is 1. The summed E-state index contributed by atoms with van der Waals surface area (Å²) in [4.78, 5) is 16.9. The molecule has 23 heavy (non-hydrogen) atoms. The lowest BCUT2D eigenvalue weighted by molar-refractivity contribution is -0.123. The zero-order chi connectivity index (χ0) is 16.8. The number of carbonyl (C=O) groups is 1. The molecule has 0 saturated heterocycles. The highest BCUT2D eigenvalue weighted by atomic mass is 35.5. The summed E-state index contributed by atoms with van der Waals surface area (Å²) >= 11 is 5.97. The number of amides is 1. The van der Waals surface area contributed by atoms with Crippen LogP contribution >= 0.6 is 11.6 Å². The zero-order valence-electron chi connectivity index (χ0n) is 13.9. The van der Waals surface area contributed by atoms with E-state index in [1.165, 1.54) is 5.57 Å². The Balaban J connectivity index is 1.66. The van der Waals surface area contributed by atoms with Crippen LogP contribution in [0.2, 0.25) is 5.02 Å². The van der Waals surface area contributed by atoms with Gasteiger partial charge >= 0.3 is 0 Å². The molecule has 2 heterocycles. The smallest absolute Gasteiger partial charge is 0.224 e. The van der Waals surface area contributed by atoms with Crippen LogP contribution in [0.5, 0.6) is 0 Å². The van der Waals surface area contributed by atoms with Gasteiger partial charge < -0.3 is 9.72 Å². The predicted molar refractivity (Wildman–Crippen MR) is 92.2 cm³/mol. The first kappa shape index (κ1) is 16.1. The minimum atomic E-state index is 0.0355. The topological polar surface area (TPSA) is 46.4 Å². The van der Waals surface area contributed by atoms with Gasteiger partial charge in [-0.25, -0.2) is 4.98 Å². The van der Waals surface area contributed by atoms with Crippen LogP contribution in [0.3, 0.4) is 0 Å². The van der Waals surface area contributed by atoms with E-state index < -0.39 is 0 Å². The quantitative estimate of drug-likeness (QED) is 0.865. The number of hydrogen-bond acceptors (Lipinski definition) is 2. The Kier molecular flexibility index (Phi) is 3.96. The number of carbonyl (C=O) groups excluding carboxylic acids is 1. The number of rotatable bonds is 4. The van der Waals surface area contributed by atoms with E-state index in [0.717, 1.165) is 11.3 Å². The highest BCUT2D eigenvalue weighted by molar-refractivity contribution is 6.30. The second-order valence-electron chi connectivity index (χ2n) is 7.13. The second kappa shape index (κ2) is 5.68. The Morgan fingerprint density at radius 1 is 1.39 bits per heavy atom. The van der Waals surface area contributed by atoms with Gasteiger partial charge in [-0.1, -0.05) is 37.1 Å². The number of halogens is 1. The SMILES string of the molecule is CC(C)=CC1C(C(=O)NCc2cn3cc(Cl)ccc3n2)C1(C)C. The third kappa shape index (κ3) is 3.13. The molecule has 1 aliphatic rings. The number of hydrogen-bond donors (Lipinski definition) is 1. The van der Waals surface area contributed by atoms with Crippen LogP contribution in [0, 0.1) is 17.3 Å². The molecule has 1 N–H and O–H groups in total. The molecule has 2 aromatic heterocycles. The van der Waals surface area contributed by atoms with E-state index in [1.54, 1.807) is 0 Å². The van der Waals surface area contributed by atoms with E-state index >= 15 is 0 Å². The molecule has 1 aliphatic carbocycles. The fraction of sp³-hybridized carbons (Fsp3) is 0.444. The lowest BCUT2D eigenvalue weighted by Crippen LogP contribution is -2.26. The molecule has 0 aliphatic heterocycles. The molecule has 5 heteroatoms. The summed E-state index contributed by atoms with van der Waals surface area (Å²) in [5.41, 5.74) is 2.95. The normalized spacial score (nSPS) is 22.0. The van der Waals surface area contributed by atoms with Crippen LogP contribution in [0.15, 0.2) is 36.2 Å². The van der Waals surface area contributed by atoms with Gasteiger partial charge in [0.25, 0.3) is 0 Å². The molecular weight excluding hydrogens is 310 g/mol. The fourth-order valence-corrected chi connectivity index (χ4v) is 3.41. The average molecular weight is 332 g/mol. The molecule has 0 bridgehead atoms. The Hall–Kier alpha value is -1.81. The monoisotopic (exact) mass is 331 g/mol. The molecule has 122 valence electrons. The molecule has 0 aromatic carbocycles. The van der Waals surface area contributed by atoms with E-state index in [-0.39, 0.29) is 17.2 Å². The number of allylic oxidation sites excluding steroid dienone is 2. The van der Waals surface area contributed by atoms with Crippen molar-refractivity contribution in [3.63, 3.8) is 0 Å². The van der Waals surface area contributed by atoms with E-state index in [1.807, 2.05) is 28.9 Å². The van der Waals surface area contributed by atoms with Gasteiger partial charge in [0.05, 0.1) is 23.2 Å². The molecule has 2 unspecified atom stereocenters. The number of fused-ring (bicyclic) bond motifs is 1. The molecule has 3 rings (SSSR count). The Bertz CT molecular complexity index is 787. The van der Waals surface area contributed by atoms with Crippen LogP contribution in [-0.2, 0) is 11.3 Å². The minimum Gasteiger partial charge on any atom is -0.350 e. The van der Waals surface area contributed by atoms with Crippen molar-refractivity contribution in [1.82, 2.24) is 14.7 Å². The van der Waals surface area contributed by atoms with Gasteiger partial charge in [0.1, 0.15) is 5.65 Å². The van der Waals surface area contributed by atoms with E-state index in [4.69, 9.17) is 11.6 Å². The number of nitrogens with zero attached hydrogens (tertiary/aromatic N) is 2. The number of aromatic nitrogens is 2. The standard InChI is InChI=1S/C18H22ClN3O/c1-11(2)7-14-16(18(14,3)4)17(23)20-8-13-10-22-9-12(19)5-6-15(22)21-13/h5-7,9-10,14,16H,8H2,1-4H3,(H,20,23). The molecule has 1 fully saturated rings. The first-order valence-electron chi connectivity index (χ1n) is 7.85. The van der Waals surface area contributed by atoms with Gasteiger partial charge in [0, 0.05) is 12.4 Å². The van der Waals surface area contributed by atoms with E-state index in [9.17, 15) is 4.79 Å². The van der Waals surface area contributed by atoms with Crippen molar-refractivity contribution in [2.75, 3.05) is 0 Å². The lowest BCUT2D eigenvalue weighted by atomic mass is 10.1. The molecule has 2 atom stereocenters. The number of imidazole rings is 1. The molecular formula is C18H22ClN3O. The highest BCUT2D eigenvalue weighted by Gasteiger charge is 2.60. The molecule has 4 nitrogen and oxygen atoms in total. The third-order valence-electron chi connectivity index (χ3n) is 4.61. The van der Waals surface area contributed by atoms with Crippen LogP contribution in [0.25, 0.3) is 5.65 Å². The van der Waals surface area contributed by atoms with Crippen molar-refractivity contribution in [2.24, 2.45) is 17.3 Å². The zero-order valence-corrected chi connectivity index (χ0v) is 14.7. The first-order chi connectivity index (χ1) is 10.8. The Labute approximate surface area is 141 Å². The Morgan fingerprint density at radius 2 is 2.13 bits per heavy atom. The lowest BCUT2D eigenvalue weighted by Gasteiger charge is -2.04. The minimum absolute atomic E-state index is 0.0355. The summed E-state index contributed by atoms with van der Waals surface area (Å²) in [6.07, 6.45) is 5.91. The summed E-state index contributed by atoms with van der Waals surface area (Å²) in [5, 5.41) is 3.68. The van der Waals surface area contributed by atoms with E-state index in [0.29, 0.717) is 17.5 Å².